The third kappa shape index (κ3) is 4.05. The van der Waals surface area contributed by atoms with Crippen LogP contribution in [0.2, 0.25) is 0 Å². The molecule has 1 atom stereocenters. The maximum absolute atomic E-state index is 12.5. The molecule has 1 saturated carbocycles. The zero-order valence-electron chi connectivity index (χ0n) is 13.0. The number of amides is 1. The third-order valence-electron chi connectivity index (χ3n) is 4.87. The summed E-state index contributed by atoms with van der Waals surface area (Å²) >= 11 is 1.60. The number of aliphatic hydroxyl groups excluding tert-OH is 1. The zero-order chi connectivity index (χ0) is 15.4. The minimum absolute atomic E-state index is 0.0352. The second-order valence-corrected chi connectivity index (χ2v) is 7.87. The van der Waals surface area contributed by atoms with Crippen molar-refractivity contribution in [1.29, 1.82) is 0 Å². The van der Waals surface area contributed by atoms with Gasteiger partial charge in [-0.25, -0.2) is 0 Å². The van der Waals surface area contributed by atoms with Crippen molar-refractivity contribution in [1.82, 2.24) is 4.90 Å². The van der Waals surface area contributed by atoms with Crippen LogP contribution in [-0.4, -0.2) is 41.4 Å². The van der Waals surface area contributed by atoms with Gasteiger partial charge in [0, 0.05) is 23.4 Å². The number of hydrogen-bond donors (Lipinski definition) is 1. The zero-order valence-corrected chi connectivity index (χ0v) is 13.9. The average Bonchev–Trinajstić information content (AvgIpc) is 3.37. The second-order valence-electron chi connectivity index (χ2n) is 6.83. The van der Waals surface area contributed by atoms with Crippen molar-refractivity contribution in [3.8, 4) is 0 Å². The summed E-state index contributed by atoms with van der Waals surface area (Å²) in [5.41, 5.74) is -0.0352. The lowest BCUT2D eigenvalue weighted by Gasteiger charge is -2.42. The molecule has 120 valence electrons. The number of rotatable bonds is 6. The highest BCUT2D eigenvalue weighted by Gasteiger charge is 2.40. The predicted molar refractivity (Wildman–Crippen MR) is 89.8 cm³/mol. The number of benzene rings is 1. The standard InChI is InChI=1S/C18H25NO2S/c20-14-18(11-15-7-8-15)9-4-10-19(13-18)17(21)12-22-16-5-2-1-3-6-16/h1-3,5-6,15,20H,4,7-14H2/t18-/m1/s1. The highest BCUT2D eigenvalue weighted by molar-refractivity contribution is 8.00. The normalized spacial score (nSPS) is 25.2. The summed E-state index contributed by atoms with van der Waals surface area (Å²) < 4.78 is 0. The first-order valence-electron chi connectivity index (χ1n) is 8.27. The van der Waals surface area contributed by atoms with Crippen LogP contribution in [0.4, 0.5) is 0 Å². The number of piperidine rings is 1. The third-order valence-corrected chi connectivity index (χ3v) is 5.87. The van der Waals surface area contributed by atoms with Gasteiger partial charge in [0.25, 0.3) is 0 Å². The molecule has 22 heavy (non-hydrogen) atoms. The smallest absolute Gasteiger partial charge is 0.232 e. The van der Waals surface area contributed by atoms with Crippen molar-refractivity contribution in [3.05, 3.63) is 30.3 Å². The first kappa shape index (κ1) is 15.9. The fourth-order valence-corrected chi connectivity index (χ4v) is 4.29. The van der Waals surface area contributed by atoms with Crippen LogP contribution in [0.5, 0.6) is 0 Å². The summed E-state index contributed by atoms with van der Waals surface area (Å²) in [6, 6.07) is 10.1. The monoisotopic (exact) mass is 319 g/mol. The van der Waals surface area contributed by atoms with Crippen LogP contribution in [0.3, 0.4) is 0 Å². The van der Waals surface area contributed by atoms with E-state index in [9.17, 15) is 9.90 Å². The lowest BCUT2D eigenvalue weighted by atomic mass is 9.76. The van der Waals surface area contributed by atoms with Crippen LogP contribution in [0.25, 0.3) is 0 Å². The fraction of sp³-hybridized carbons (Fsp3) is 0.611. The van der Waals surface area contributed by atoms with Gasteiger partial charge in [0.05, 0.1) is 12.4 Å². The Balaban J connectivity index is 1.55. The molecule has 1 amide bonds. The lowest BCUT2D eigenvalue weighted by molar-refractivity contribution is -0.133. The van der Waals surface area contributed by atoms with E-state index in [1.807, 2.05) is 35.2 Å². The van der Waals surface area contributed by atoms with Gasteiger partial charge in [-0.3, -0.25) is 4.79 Å². The van der Waals surface area contributed by atoms with Crippen molar-refractivity contribution in [2.45, 2.75) is 37.0 Å². The van der Waals surface area contributed by atoms with E-state index in [0.29, 0.717) is 5.75 Å². The molecule has 2 aliphatic rings. The molecule has 0 radical (unpaired) electrons. The van der Waals surface area contributed by atoms with Crippen molar-refractivity contribution >= 4 is 17.7 Å². The molecule has 1 aromatic carbocycles. The Morgan fingerprint density at radius 1 is 1.32 bits per heavy atom. The molecule has 1 aromatic rings. The number of hydrogen-bond acceptors (Lipinski definition) is 3. The number of likely N-dealkylation sites (tertiary alicyclic amines) is 1. The number of nitrogens with zero attached hydrogens (tertiary/aromatic N) is 1. The van der Waals surface area contributed by atoms with Gasteiger partial charge < -0.3 is 10.0 Å². The Hall–Kier alpha value is -1.00. The van der Waals surface area contributed by atoms with Crippen molar-refractivity contribution in [3.63, 3.8) is 0 Å². The fourth-order valence-electron chi connectivity index (χ4n) is 3.47. The van der Waals surface area contributed by atoms with Gasteiger partial charge in [-0.1, -0.05) is 31.0 Å². The molecule has 1 aliphatic heterocycles. The van der Waals surface area contributed by atoms with Crippen LogP contribution in [0, 0.1) is 11.3 Å². The Bertz CT molecular complexity index is 503. The molecule has 1 N–H and O–H groups in total. The maximum Gasteiger partial charge on any atom is 0.232 e. The van der Waals surface area contributed by atoms with E-state index in [-0.39, 0.29) is 17.9 Å². The van der Waals surface area contributed by atoms with Gasteiger partial charge in [-0.2, -0.15) is 0 Å². The van der Waals surface area contributed by atoms with E-state index in [1.165, 1.54) is 12.8 Å². The average molecular weight is 319 g/mol. The van der Waals surface area contributed by atoms with E-state index in [1.54, 1.807) is 11.8 Å². The molecule has 1 heterocycles. The summed E-state index contributed by atoms with van der Waals surface area (Å²) in [4.78, 5) is 15.6. The Morgan fingerprint density at radius 3 is 2.77 bits per heavy atom. The van der Waals surface area contributed by atoms with Gasteiger partial charge in [-0.15, -0.1) is 11.8 Å². The molecule has 3 rings (SSSR count). The van der Waals surface area contributed by atoms with Crippen LogP contribution in [-0.2, 0) is 4.79 Å². The van der Waals surface area contributed by atoms with Crippen molar-refractivity contribution in [2.24, 2.45) is 11.3 Å². The summed E-state index contributed by atoms with van der Waals surface area (Å²) in [6.45, 7) is 1.81. The Labute approximate surface area is 137 Å². The van der Waals surface area contributed by atoms with Crippen molar-refractivity contribution in [2.75, 3.05) is 25.4 Å². The molecule has 0 unspecified atom stereocenters. The van der Waals surface area contributed by atoms with E-state index < -0.39 is 0 Å². The summed E-state index contributed by atoms with van der Waals surface area (Å²) in [6.07, 6.45) is 5.79. The molecule has 2 fully saturated rings. The van der Waals surface area contributed by atoms with Gasteiger partial charge >= 0.3 is 0 Å². The van der Waals surface area contributed by atoms with Crippen LogP contribution >= 0.6 is 11.8 Å². The molecule has 0 aromatic heterocycles. The molecule has 1 aliphatic carbocycles. The highest BCUT2D eigenvalue weighted by atomic mass is 32.2. The highest BCUT2D eigenvalue weighted by Crippen LogP contribution is 2.44. The van der Waals surface area contributed by atoms with Gasteiger partial charge in [0.1, 0.15) is 0 Å². The maximum atomic E-state index is 12.5. The minimum Gasteiger partial charge on any atom is -0.396 e. The van der Waals surface area contributed by atoms with Crippen LogP contribution in [0.1, 0.15) is 32.1 Å². The van der Waals surface area contributed by atoms with Gasteiger partial charge in [-0.05, 0) is 37.3 Å². The summed E-state index contributed by atoms with van der Waals surface area (Å²) in [7, 11) is 0. The Kier molecular flexibility index (Phi) is 5.09. The van der Waals surface area contributed by atoms with Crippen LogP contribution in [0.15, 0.2) is 35.2 Å². The van der Waals surface area contributed by atoms with E-state index in [4.69, 9.17) is 0 Å². The molecular formula is C18H25NO2S. The van der Waals surface area contributed by atoms with Gasteiger partial charge in [0.2, 0.25) is 5.91 Å². The summed E-state index contributed by atoms with van der Waals surface area (Å²) in [5, 5.41) is 9.88. The number of carbonyl (C=O) groups excluding carboxylic acids is 1. The molecule has 0 spiro atoms. The summed E-state index contributed by atoms with van der Waals surface area (Å²) in [5.74, 6) is 1.50. The minimum atomic E-state index is -0.0352. The van der Waals surface area contributed by atoms with E-state index >= 15 is 0 Å². The molecule has 0 bridgehead atoms. The number of thioether (sulfide) groups is 1. The lowest BCUT2D eigenvalue weighted by Crippen LogP contribution is -2.48. The molecule has 3 nitrogen and oxygen atoms in total. The first-order valence-corrected chi connectivity index (χ1v) is 9.26. The number of carbonyl (C=O) groups is 1. The Morgan fingerprint density at radius 2 is 2.09 bits per heavy atom. The SMILES string of the molecule is O=C(CSc1ccccc1)N1CCC[C@@](CO)(CC2CC2)C1. The largest absolute Gasteiger partial charge is 0.396 e. The van der Waals surface area contributed by atoms with E-state index in [2.05, 4.69) is 0 Å². The molecular weight excluding hydrogens is 294 g/mol. The topological polar surface area (TPSA) is 40.5 Å². The predicted octanol–water partition coefficient (Wildman–Crippen LogP) is 3.18. The number of aliphatic hydroxyl groups is 1. The van der Waals surface area contributed by atoms with E-state index in [0.717, 1.165) is 43.2 Å². The quantitative estimate of drug-likeness (QED) is 0.819. The first-order chi connectivity index (χ1) is 10.7. The van der Waals surface area contributed by atoms with Crippen molar-refractivity contribution < 1.29 is 9.90 Å². The van der Waals surface area contributed by atoms with Gasteiger partial charge in [0.15, 0.2) is 0 Å². The van der Waals surface area contributed by atoms with Crippen LogP contribution < -0.4 is 0 Å². The molecule has 4 heteroatoms. The molecule has 1 saturated heterocycles. The second kappa shape index (κ2) is 7.05.